The smallest absolute Gasteiger partial charge is 0.134 e. The van der Waals surface area contributed by atoms with Gasteiger partial charge in [-0.25, -0.2) is 9.97 Å². The van der Waals surface area contributed by atoms with Crippen molar-refractivity contribution >= 4 is 11.6 Å². The number of aromatic nitrogens is 2. The lowest BCUT2D eigenvalue weighted by Crippen LogP contribution is -2.27. The summed E-state index contributed by atoms with van der Waals surface area (Å²) in [4.78, 5) is 10.7. The monoisotopic (exact) mass is 221 g/mol. The summed E-state index contributed by atoms with van der Waals surface area (Å²) in [7, 11) is 0. The van der Waals surface area contributed by atoms with E-state index >= 15 is 0 Å². The van der Waals surface area contributed by atoms with Crippen LogP contribution in [0.25, 0.3) is 0 Å². The van der Waals surface area contributed by atoms with E-state index in [1.165, 1.54) is 0 Å². The van der Waals surface area contributed by atoms with Crippen LogP contribution in [0.3, 0.4) is 0 Å². The second-order valence-electron chi connectivity index (χ2n) is 4.18. The Morgan fingerprint density at radius 1 is 1.56 bits per heavy atom. The highest BCUT2D eigenvalue weighted by Crippen LogP contribution is 2.18. The third-order valence-corrected chi connectivity index (χ3v) is 2.76. The van der Waals surface area contributed by atoms with E-state index in [0.717, 1.165) is 44.1 Å². The van der Waals surface area contributed by atoms with Crippen molar-refractivity contribution in [1.29, 1.82) is 0 Å². The maximum absolute atomic E-state index is 5.88. The van der Waals surface area contributed by atoms with Crippen LogP contribution in [0, 0.1) is 0 Å². The van der Waals surface area contributed by atoms with Crippen molar-refractivity contribution in [2.45, 2.75) is 25.8 Å². The van der Waals surface area contributed by atoms with Gasteiger partial charge >= 0.3 is 0 Å². The van der Waals surface area contributed by atoms with E-state index in [1.54, 1.807) is 6.33 Å². The van der Waals surface area contributed by atoms with Gasteiger partial charge < -0.3 is 16.0 Å². The topological polar surface area (TPSA) is 67.1 Å². The molecular formula is C11H19N5. The Kier molecular flexibility index (Phi) is 3.56. The maximum Gasteiger partial charge on any atom is 0.134 e. The van der Waals surface area contributed by atoms with Gasteiger partial charge in [-0.2, -0.15) is 0 Å². The molecular weight excluding hydrogens is 202 g/mol. The normalized spacial score (nSPS) is 20.1. The zero-order valence-corrected chi connectivity index (χ0v) is 9.69. The van der Waals surface area contributed by atoms with E-state index in [9.17, 15) is 0 Å². The molecule has 0 spiro atoms. The molecule has 3 N–H and O–H groups in total. The number of hydrogen-bond acceptors (Lipinski definition) is 5. The van der Waals surface area contributed by atoms with Gasteiger partial charge in [0.15, 0.2) is 0 Å². The van der Waals surface area contributed by atoms with Gasteiger partial charge in [-0.05, 0) is 12.8 Å². The standard InChI is InChI=1S/C11H19N5/c1-2-4-13-10-6-11(15-8-14-10)16-5-3-9(12)7-16/h6,8-9H,2-5,7,12H2,1H3,(H,13,14,15). The Bertz CT molecular complexity index is 341. The molecule has 2 heterocycles. The molecule has 1 aliphatic heterocycles. The van der Waals surface area contributed by atoms with E-state index in [1.807, 2.05) is 6.07 Å². The predicted octanol–water partition coefficient (Wildman–Crippen LogP) is 0.836. The molecule has 0 amide bonds. The van der Waals surface area contributed by atoms with Gasteiger partial charge in [0.25, 0.3) is 0 Å². The summed E-state index contributed by atoms with van der Waals surface area (Å²) in [6, 6.07) is 2.27. The molecule has 5 heteroatoms. The molecule has 1 atom stereocenters. The van der Waals surface area contributed by atoms with Gasteiger partial charge in [-0.15, -0.1) is 0 Å². The molecule has 1 fully saturated rings. The molecule has 0 bridgehead atoms. The van der Waals surface area contributed by atoms with E-state index in [-0.39, 0.29) is 6.04 Å². The van der Waals surface area contributed by atoms with Crippen molar-refractivity contribution in [1.82, 2.24) is 9.97 Å². The van der Waals surface area contributed by atoms with Gasteiger partial charge in [-0.1, -0.05) is 6.92 Å². The Labute approximate surface area is 96.1 Å². The summed E-state index contributed by atoms with van der Waals surface area (Å²) in [5.41, 5.74) is 5.88. The first-order valence-electron chi connectivity index (χ1n) is 5.86. The van der Waals surface area contributed by atoms with Crippen molar-refractivity contribution in [3.8, 4) is 0 Å². The Hall–Kier alpha value is -1.36. The zero-order valence-electron chi connectivity index (χ0n) is 9.69. The van der Waals surface area contributed by atoms with Crippen LogP contribution in [-0.4, -0.2) is 35.6 Å². The Morgan fingerprint density at radius 3 is 3.12 bits per heavy atom. The van der Waals surface area contributed by atoms with E-state index < -0.39 is 0 Å². The van der Waals surface area contributed by atoms with Crippen molar-refractivity contribution in [3.63, 3.8) is 0 Å². The molecule has 1 unspecified atom stereocenters. The molecule has 88 valence electrons. The first-order valence-corrected chi connectivity index (χ1v) is 5.86. The lowest BCUT2D eigenvalue weighted by atomic mass is 10.3. The highest BCUT2D eigenvalue weighted by atomic mass is 15.2. The average molecular weight is 221 g/mol. The van der Waals surface area contributed by atoms with E-state index in [4.69, 9.17) is 5.73 Å². The van der Waals surface area contributed by atoms with Crippen LogP contribution in [0.1, 0.15) is 19.8 Å². The second kappa shape index (κ2) is 5.12. The lowest BCUT2D eigenvalue weighted by molar-refractivity contribution is 0.751. The highest BCUT2D eigenvalue weighted by molar-refractivity contribution is 5.49. The second-order valence-corrected chi connectivity index (χ2v) is 4.18. The largest absolute Gasteiger partial charge is 0.370 e. The third-order valence-electron chi connectivity index (χ3n) is 2.76. The minimum absolute atomic E-state index is 0.280. The van der Waals surface area contributed by atoms with Gasteiger partial charge in [-0.3, -0.25) is 0 Å². The van der Waals surface area contributed by atoms with Gasteiger partial charge in [0.05, 0.1) is 0 Å². The van der Waals surface area contributed by atoms with Crippen molar-refractivity contribution < 1.29 is 0 Å². The molecule has 1 aromatic rings. The van der Waals surface area contributed by atoms with Gasteiger partial charge in [0.1, 0.15) is 18.0 Å². The number of anilines is 2. The number of nitrogens with zero attached hydrogens (tertiary/aromatic N) is 3. The fraction of sp³-hybridized carbons (Fsp3) is 0.636. The van der Waals surface area contributed by atoms with Crippen molar-refractivity contribution in [2.24, 2.45) is 5.73 Å². The zero-order chi connectivity index (χ0) is 11.4. The molecule has 1 aromatic heterocycles. The van der Waals surface area contributed by atoms with E-state index in [2.05, 4.69) is 27.1 Å². The molecule has 0 aliphatic carbocycles. The SMILES string of the molecule is CCCNc1cc(N2CCC(N)C2)ncn1. The highest BCUT2D eigenvalue weighted by Gasteiger charge is 2.20. The minimum Gasteiger partial charge on any atom is -0.370 e. The molecule has 5 nitrogen and oxygen atoms in total. The van der Waals surface area contributed by atoms with Gasteiger partial charge in [0, 0.05) is 31.7 Å². The number of nitrogens with one attached hydrogen (secondary N) is 1. The van der Waals surface area contributed by atoms with Crippen molar-refractivity contribution in [2.75, 3.05) is 29.9 Å². The van der Waals surface area contributed by atoms with Crippen LogP contribution >= 0.6 is 0 Å². The van der Waals surface area contributed by atoms with Crippen LogP contribution in [0.4, 0.5) is 11.6 Å². The summed E-state index contributed by atoms with van der Waals surface area (Å²) in [6.07, 6.45) is 3.74. The molecule has 2 rings (SSSR count). The molecule has 0 saturated carbocycles. The Morgan fingerprint density at radius 2 is 2.44 bits per heavy atom. The first kappa shape index (κ1) is 11.1. The predicted molar refractivity (Wildman–Crippen MR) is 65.6 cm³/mol. The quantitative estimate of drug-likeness (QED) is 0.788. The lowest BCUT2D eigenvalue weighted by Gasteiger charge is -2.17. The Balaban J connectivity index is 2.04. The number of rotatable bonds is 4. The summed E-state index contributed by atoms with van der Waals surface area (Å²) in [5.74, 6) is 1.87. The first-order chi connectivity index (χ1) is 7.79. The molecule has 0 aromatic carbocycles. The molecule has 1 aliphatic rings. The average Bonchev–Trinajstić information content (AvgIpc) is 2.74. The third kappa shape index (κ3) is 2.61. The van der Waals surface area contributed by atoms with E-state index in [0.29, 0.717) is 0 Å². The van der Waals surface area contributed by atoms with Gasteiger partial charge in [0.2, 0.25) is 0 Å². The fourth-order valence-corrected chi connectivity index (χ4v) is 1.87. The summed E-state index contributed by atoms with van der Waals surface area (Å²) in [6.45, 7) is 4.96. The van der Waals surface area contributed by atoms with Crippen LogP contribution < -0.4 is 16.0 Å². The molecule has 1 saturated heterocycles. The summed E-state index contributed by atoms with van der Waals surface area (Å²) < 4.78 is 0. The van der Waals surface area contributed by atoms with Crippen LogP contribution in [0.15, 0.2) is 12.4 Å². The number of hydrogen-bond donors (Lipinski definition) is 2. The van der Waals surface area contributed by atoms with Crippen LogP contribution in [-0.2, 0) is 0 Å². The number of nitrogens with two attached hydrogens (primary N) is 1. The van der Waals surface area contributed by atoms with Crippen LogP contribution in [0.2, 0.25) is 0 Å². The molecule has 16 heavy (non-hydrogen) atoms. The minimum atomic E-state index is 0.280. The summed E-state index contributed by atoms with van der Waals surface area (Å²) >= 11 is 0. The maximum atomic E-state index is 5.88. The molecule has 0 radical (unpaired) electrons. The van der Waals surface area contributed by atoms with Crippen LogP contribution in [0.5, 0.6) is 0 Å². The van der Waals surface area contributed by atoms with Crippen molar-refractivity contribution in [3.05, 3.63) is 12.4 Å². The summed E-state index contributed by atoms with van der Waals surface area (Å²) in [5, 5.41) is 3.26. The fourth-order valence-electron chi connectivity index (χ4n) is 1.87.